The molecule has 13 heavy (non-hydrogen) atoms. The second-order valence-electron chi connectivity index (χ2n) is 2.92. The van der Waals surface area contributed by atoms with Gasteiger partial charge in [-0.05, 0) is 39.1 Å². The van der Waals surface area contributed by atoms with Crippen molar-refractivity contribution in [3.8, 4) is 0 Å². The van der Waals surface area contributed by atoms with Crippen LogP contribution in [0.1, 0.15) is 25.5 Å². The van der Waals surface area contributed by atoms with Gasteiger partial charge in [-0.25, -0.2) is 0 Å². The SMILES string of the molecule is CCCCc1ccccn1.CNC. The number of aromatic nitrogens is 1. The Balaban J connectivity index is 0.000000424. The lowest BCUT2D eigenvalue weighted by Crippen LogP contribution is -1.89. The van der Waals surface area contributed by atoms with Gasteiger partial charge in [0.25, 0.3) is 0 Å². The summed E-state index contributed by atoms with van der Waals surface area (Å²) < 4.78 is 0. The van der Waals surface area contributed by atoms with Gasteiger partial charge in [-0.15, -0.1) is 0 Å². The first-order chi connectivity index (χ1) is 6.35. The van der Waals surface area contributed by atoms with Crippen LogP contribution >= 0.6 is 0 Å². The third-order valence-electron chi connectivity index (χ3n) is 1.51. The maximum atomic E-state index is 4.22. The van der Waals surface area contributed by atoms with Gasteiger partial charge in [-0.2, -0.15) is 0 Å². The summed E-state index contributed by atoms with van der Waals surface area (Å²) in [6.07, 6.45) is 5.47. The molecule has 1 aromatic rings. The van der Waals surface area contributed by atoms with Crippen LogP contribution < -0.4 is 5.32 Å². The van der Waals surface area contributed by atoms with Gasteiger partial charge in [-0.1, -0.05) is 19.4 Å². The number of pyridine rings is 1. The van der Waals surface area contributed by atoms with E-state index in [1.54, 1.807) is 0 Å². The van der Waals surface area contributed by atoms with Gasteiger partial charge in [-0.3, -0.25) is 4.98 Å². The summed E-state index contributed by atoms with van der Waals surface area (Å²) in [5, 5.41) is 2.75. The minimum Gasteiger partial charge on any atom is -0.323 e. The largest absolute Gasteiger partial charge is 0.323 e. The molecule has 0 bridgehead atoms. The first kappa shape index (κ1) is 12.1. The van der Waals surface area contributed by atoms with Crippen molar-refractivity contribution in [3.05, 3.63) is 30.1 Å². The number of aryl methyl sites for hydroxylation is 1. The van der Waals surface area contributed by atoms with Crippen molar-refractivity contribution < 1.29 is 0 Å². The fraction of sp³-hybridized carbons (Fsp3) is 0.545. The molecule has 0 aliphatic carbocycles. The van der Waals surface area contributed by atoms with Gasteiger partial charge in [0.2, 0.25) is 0 Å². The van der Waals surface area contributed by atoms with Crippen LogP contribution in [0.4, 0.5) is 0 Å². The molecular weight excluding hydrogens is 160 g/mol. The Morgan fingerprint density at radius 3 is 2.46 bits per heavy atom. The van der Waals surface area contributed by atoms with Gasteiger partial charge in [0.05, 0.1) is 0 Å². The molecule has 0 saturated carbocycles. The summed E-state index contributed by atoms with van der Waals surface area (Å²) in [4.78, 5) is 4.22. The summed E-state index contributed by atoms with van der Waals surface area (Å²) >= 11 is 0. The second kappa shape index (κ2) is 9.20. The first-order valence-electron chi connectivity index (χ1n) is 4.83. The Bertz CT molecular complexity index is 185. The lowest BCUT2D eigenvalue weighted by atomic mass is 10.2. The fourth-order valence-electron chi connectivity index (χ4n) is 0.904. The molecule has 0 aliphatic heterocycles. The van der Waals surface area contributed by atoms with Crippen molar-refractivity contribution in [2.24, 2.45) is 0 Å². The average molecular weight is 180 g/mol. The molecule has 2 heteroatoms. The van der Waals surface area contributed by atoms with E-state index >= 15 is 0 Å². The Labute approximate surface area is 81.4 Å². The molecule has 0 radical (unpaired) electrons. The normalized spacial score (nSPS) is 8.85. The van der Waals surface area contributed by atoms with E-state index in [0.29, 0.717) is 0 Å². The highest BCUT2D eigenvalue weighted by atomic mass is 14.7. The van der Waals surface area contributed by atoms with Crippen LogP contribution in [-0.2, 0) is 6.42 Å². The summed E-state index contributed by atoms with van der Waals surface area (Å²) in [7, 11) is 3.75. The van der Waals surface area contributed by atoms with Crippen molar-refractivity contribution in [1.82, 2.24) is 10.3 Å². The van der Waals surface area contributed by atoms with Crippen molar-refractivity contribution in [2.75, 3.05) is 14.1 Å². The molecule has 0 aliphatic rings. The van der Waals surface area contributed by atoms with E-state index in [1.807, 2.05) is 32.4 Å². The van der Waals surface area contributed by atoms with E-state index in [1.165, 1.54) is 18.5 Å². The second-order valence-corrected chi connectivity index (χ2v) is 2.92. The lowest BCUT2D eigenvalue weighted by molar-refractivity contribution is 0.777. The molecule has 0 saturated heterocycles. The number of nitrogens with one attached hydrogen (secondary N) is 1. The predicted octanol–water partition coefficient (Wildman–Crippen LogP) is 2.26. The molecule has 0 aromatic carbocycles. The fourth-order valence-corrected chi connectivity index (χ4v) is 0.904. The topological polar surface area (TPSA) is 24.9 Å². The Morgan fingerprint density at radius 2 is 2.00 bits per heavy atom. The maximum Gasteiger partial charge on any atom is 0.0403 e. The molecule has 2 nitrogen and oxygen atoms in total. The van der Waals surface area contributed by atoms with E-state index in [2.05, 4.69) is 23.3 Å². The standard InChI is InChI=1S/C9H13N.C2H7N/c1-2-3-6-9-7-4-5-8-10-9;1-3-2/h4-5,7-8H,2-3,6H2,1H3;3H,1-2H3. The van der Waals surface area contributed by atoms with Gasteiger partial charge in [0.15, 0.2) is 0 Å². The van der Waals surface area contributed by atoms with Crippen LogP contribution in [0.25, 0.3) is 0 Å². The minimum absolute atomic E-state index is 1.12. The van der Waals surface area contributed by atoms with Crippen molar-refractivity contribution in [3.63, 3.8) is 0 Å². The maximum absolute atomic E-state index is 4.22. The quantitative estimate of drug-likeness (QED) is 0.771. The Hall–Kier alpha value is -0.890. The van der Waals surface area contributed by atoms with Crippen LogP contribution in [0, 0.1) is 0 Å². The average Bonchev–Trinajstić information content (AvgIpc) is 2.18. The van der Waals surface area contributed by atoms with Crippen LogP contribution in [0.15, 0.2) is 24.4 Å². The molecule has 1 aromatic heterocycles. The highest BCUT2D eigenvalue weighted by molar-refractivity contribution is 5.03. The summed E-state index contributed by atoms with van der Waals surface area (Å²) in [6.45, 7) is 2.20. The molecule has 0 atom stereocenters. The van der Waals surface area contributed by atoms with Gasteiger partial charge < -0.3 is 5.32 Å². The van der Waals surface area contributed by atoms with Gasteiger partial charge >= 0.3 is 0 Å². The molecule has 0 fully saturated rings. The summed E-state index contributed by atoms with van der Waals surface area (Å²) in [5.41, 5.74) is 1.21. The molecule has 1 rings (SSSR count). The summed E-state index contributed by atoms with van der Waals surface area (Å²) in [5.74, 6) is 0. The number of rotatable bonds is 3. The number of hydrogen-bond donors (Lipinski definition) is 1. The molecule has 0 amide bonds. The smallest absolute Gasteiger partial charge is 0.0403 e. The molecule has 1 N–H and O–H groups in total. The predicted molar refractivity (Wildman–Crippen MR) is 57.8 cm³/mol. The monoisotopic (exact) mass is 180 g/mol. The Morgan fingerprint density at radius 1 is 1.31 bits per heavy atom. The molecule has 1 heterocycles. The summed E-state index contributed by atoms with van der Waals surface area (Å²) in [6, 6.07) is 6.07. The zero-order chi connectivity index (χ0) is 9.94. The number of nitrogens with zero attached hydrogens (tertiary/aromatic N) is 1. The van der Waals surface area contributed by atoms with Gasteiger partial charge in [0.1, 0.15) is 0 Å². The molecule has 0 unspecified atom stereocenters. The number of hydrogen-bond acceptors (Lipinski definition) is 2. The Kier molecular flexibility index (Phi) is 8.57. The third-order valence-corrected chi connectivity index (χ3v) is 1.51. The van der Waals surface area contributed by atoms with E-state index < -0.39 is 0 Å². The van der Waals surface area contributed by atoms with Crippen LogP contribution in [0.5, 0.6) is 0 Å². The van der Waals surface area contributed by atoms with Crippen molar-refractivity contribution in [2.45, 2.75) is 26.2 Å². The minimum atomic E-state index is 1.12. The van der Waals surface area contributed by atoms with Crippen LogP contribution in [0.3, 0.4) is 0 Å². The van der Waals surface area contributed by atoms with Crippen molar-refractivity contribution in [1.29, 1.82) is 0 Å². The van der Waals surface area contributed by atoms with Crippen LogP contribution in [-0.4, -0.2) is 19.1 Å². The van der Waals surface area contributed by atoms with E-state index in [9.17, 15) is 0 Å². The van der Waals surface area contributed by atoms with E-state index in [0.717, 1.165) is 6.42 Å². The van der Waals surface area contributed by atoms with Crippen LogP contribution in [0.2, 0.25) is 0 Å². The molecular formula is C11H20N2. The van der Waals surface area contributed by atoms with Gasteiger partial charge in [0, 0.05) is 11.9 Å². The van der Waals surface area contributed by atoms with Crippen molar-refractivity contribution >= 4 is 0 Å². The third kappa shape index (κ3) is 7.47. The first-order valence-corrected chi connectivity index (χ1v) is 4.83. The number of unbranched alkanes of at least 4 members (excludes halogenated alkanes) is 1. The van der Waals surface area contributed by atoms with E-state index in [4.69, 9.17) is 0 Å². The zero-order valence-corrected chi connectivity index (χ0v) is 8.88. The zero-order valence-electron chi connectivity index (χ0n) is 8.88. The highest BCUT2D eigenvalue weighted by Crippen LogP contribution is 1.99. The van der Waals surface area contributed by atoms with E-state index in [-0.39, 0.29) is 0 Å². The molecule has 74 valence electrons. The lowest BCUT2D eigenvalue weighted by Gasteiger charge is -1.95. The molecule has 0 spiro atoms. The highest BCUT2D eigenvalue weighted by Gasteiger charge is 1.88.